The second-order valence-electron chi connectivity index (χ2n) is 6.40. The highest BCUT2D eigenvalue weighted by Gasteiger charge is 2.18. The molecule has 0 bridgehead atoms. The summed E-state index contributed by atoms with van der Waals surface area (Å²) in [5.41, 5.74) is 4.09. The van der Waals surface area contributed by atoms with Gasteiger partial charge in [0.15, 0.2) is 5.58 Å². The highest BCUT2D eigenvalue weighted by Crippen LogP contribution is 2.25. The van der Waals surface area contributed by atoms with Gasteiger partial charge in [-0.3, -0.25) is 9.78 Å². The van der Waals surface area contributed by atoms with Crippen molar-refractivity contribution in [3.8, 4) is 0 Å². The first kappa shape index (κ1) is 17.4. The molecule has 5 nitrogen and oxygen atoms in total. The Morgan fingerprint density at radius 1 is 1.19 bits per heavy atom. The van der Waals surface area contributed by atoms with E-state index in [1.807, 2.05) is 54.0 Å². The Bertz CT molecular complexity index is 1100. The number of hydrogen-bond acceptors (Lipinski definition) is 3. The number of rotatable bonds is 5. The van der Waals surface area contributed by atoms with Crippen molar-refractivity contribution in [2.24, 2.45) is 0 Å². The van der Waals surface area contributed by atoms with E-state index >= 15 is 0 Å². The zero-order chi connectivity index (χ0) is 18.8. The van der Waals surface area contributed by atoms with Crippen LogP contribution in [-0.2, 0) is 13.1 Å². The zero-order valence-electron chi connectivity index (χ0n) is 14.8. The van der Waals surface area contributed by atoms with Gasteiger partial charge in [-0.05, 0) is 36.2 Å². The van der Waals surface area contributed by atoms with Gasteiger partial charge in [0.1, 0.15) is 11.5 Å². The molecule has 3 heterocycles. The Hall–Kier alpha value is -3.05. The van der Waals surface area contributed by atoms with Crippen molar-refractivity contribution in [3.63, 3.8) is 0 Å². The minimum Gasteiger partial charge on any atom is -0.460 e. The van der Waals surface area contributed by atoms with Crippen LogP contribution in [0.15, 0.2) is 65.3 Å². The first-order valence-corrected chi connectivity index (χ1v) is 8.99. The molecule has 0 fully saturated rings. The number of nitrogens with zero attached hydrogens (tertiary/aromatic N) is 2. The van der Waals surface area contributed by atoms with Crippen LogP contribution in [0.4, 0.5) is 0 Å². The normalized spacial score (nSPS) is 11.0. The van der Waals surface area contributed by atoms with Crippen LogP contribution in [0.1, 0.15) is 27.4 Å². The molecule has 27 heavy (non-hydrogen) atoms. The van der Waals surface area contributed by atoms with E-state index in [0.29, 0.717) is 29.4 Å². The van der Waals surface area contributed by atoms with Gasteiger partial charge in [0.25, 0.3) is 5.91 Å². The van der Waals surface area contributed by atoms with Crippen LogP contribution in [0.5, 0.6) is 0 Å². The van der Waals surface area contributed by atoms with Crippen LogP contribution in [0, 0.1) is 6.92 Å². The molecule has 0 spiro atoms. The number of benzene rings is 1. The number of nitrogens with one attached hydrogen (secondary N) is 1. The van der Waals surface area contributed by atoms with Gasteiger partial charge < -0.3 is 14.3 Å². The van der Waals surface area contributed by atoms with Crippen molar-refractivity contribution in [1.29, 1.82) is 0 Å². The average Bonchev–Trinajstić information content (AvgIpc) is 3.18. The number of aromatic nitrogens is 2. The molecule has 0 aliphatic carbocycles. The summed E-state index contributed by atoms with van der Waals surface area (Å²) in [6.07, 6.45) is 3.44. The summed E-state index contributed by atoms with van der Waals surface area (Å²) in [5.74, 6) is 0.645. The van der Waals surface area contributed by atoms with Gasteiger partial charge in [-0.25, -0.2) is 0 Å². The fourth-order valence-electron chi connectivity index (χ4n) is 3.12. The predicted molar refractivity (Wildman–Crippen MR) is 105 cm³/mol. The largest absolute Gasteiger partial charge is 0.460 e. The lowest BCUT2D eigenvalue weighted by Crippen LogP contribution is -2.25. The topological polar surface area (TPSA) is 60.1 Å². The summed E-state index contributed by atoms with van der Waals surface area (Å²) in [6.45, 7) is 2.83. The number of fused-ring (bicyclic) bond motifs is 1. The Labute approximate surface area is 161 Å². The fourth-order valence-corrected chi connectivity index (χ4v) is 3.33. The lowest BCUT2D eigenvalue weighted by molar-refractivity contribution is 0.0942. The Kier molecular flexibility index (Phi) is 4.69. The molecule has 0 aliphatic heterocycles. The highest BCUT2D eigenvalue weighted by molar-refractivity contribution is 6.30. The lowest BCUT2D eigenvalue weighted by Gasteiger charge is -2.11. The van der Waals surface area contributed by atoms with Gasteiger partial charge in [0.05, 0.1) is 5.52 Å². The first-order chi connectivity index (χ1) is 13.1. The molecule has 4 rings (SSSR count). The van der Waals surface area contributed by atoms with Crippen LogP contribution in [-0.4, -0.2) is 15.5 Å². The van der Waals surface area contributed by atoms with E-state index in [1.165, 1.54) is 0 Å². The maximum atomic E-state index is 12.8. The summed E-state index contributed by atoms with van der Waals surface area (Å²) < 4.78 is 7.68. The van der Waals surface area contributed by atoms with Crippen LogP contribution < -0.4 is 5.32 Å². The third-order valence-electron chi connectivity index (χ3n) is 4.35. The molecule has 4 aromatic rings. The third kappa shape index (κ3) is 3.73. The van der Waals surface area contributed by atoms with Gasteiger partial charge in [-0.2, -0.15) is 0 Å². The fraction of sp³-hybridized carbons (Fsp3) is 0.143. The Morgan fingerprint density at radius 2 is 2.04 bits per heavy atom. The monoisotopic (exact) mass is 379 g/mol. The van der Waals surface area contributed by atoms with E-state index in [4.69, 9.17) is 16.0 Å². The quantitative estimate of drug-likeness (QED) is 0.552. The third-order valence-corrected chi connectivity index (χ3v) is 4.59. The van der Waals surface area contributed by atoms with Crippen molar-refractivity contribution < 1.29 is 9.21 Å². The number of carbonyl (C=O) groups excluding carboxylic acids is 1. The smallest absolute Gasteiger partial charge is 0.268 e. The summed E-state index contributed by atoms with van der Waals surface area (Å²) in [5, 5.41) is 3.62. The summed E-state index contributed by atoms with van der Waals surface area (Å²) in [7, 11) is 0. The van der Waals surface area contributed by atoms with E-state index in [1.54, 1.807) is 18.5 Å². The van der Waals surface area contributed by atoms with E-state index in [0.717, 1.165) is 22.4 Å². The van der Waals surface area contributed by atoms with E-state index in [-0.39, 0.29) is 5.91 Å². The molecule has 6 heteroatoms. The van der Waals surface area contributed by atoms with Crippen molar-refractivity contribution in [2.45, 2.75) is 20.0 Å². The number of aryl methyl sites for hydroxylation is 1. The molecule has 0 unspecified atom stereocenters. The second kappa shape index (κ2) is 7.29. The predicted octanol–water partition coefficient (Wildman–Crippen LogP) is 4.57. The SMILES string of the molecule is Cc1cc2c(cc(C(=O)NCc3cccnc3)n2Cc2cccc(Cl)c2)o1. The van der Waals surface area contributed by atoms with Crippen LogP contribution in [0.2, 0.25) is 5.02 Å². The number of amides is 1. The standard InChI is InChI=1S/C21H18ClN3O2/c1-14-8-18-20(27-14)10-19(21(26)24-12-16-5-3-7-23-11-16)25(18)13-15-4-2-6-17(22)9-15/h2-11H,12-13H2,1H3,(H,24,26). The van der Waals surface area contributed by atoms with Crippen molar-refractivity contribution in [3.05, 3.63) is 88.5 Å². The van der Waals surface area contributed by atoms with Gasteiger partial charge in [0.2, 0.25) is 0 Å². The molecule has 0 radical (unpaired) electrons. The van der Waals surface area contributed by atoms with Crippen molar-refractivity contribution in [1.82, 2.24) is 14.9 Å². The molecule has 0 aliphatic rings. The van der Waals surface area contributed by atoms with Crippen molar-refractivity contribution in [2.75, 3.05) is 0 Å². The maximum absolute atomic E-state index is 12.8. The first-order valence-electron chi connectivity index (χ1n) is 8.61. The summed E-state index contributed by atoms with van der Waals surface area (Å²) >= 11 is 6.11. The highest BCUT2D eigenvalue weighted by atomic mass is 35.5. The van der Waals surface area contributed by atoms with Crippen LogP contribution in [0.3, 0.4) is 0 Å². The van der Waals surface area contributed by atoms with Crippen molar-refractivity contribution >= 4 is 28.6 Å². The Morgan fingerprint density at radius 3 is 2.81 bits per heavy atom. The minimum atomic E-state index is -0.162. The van der Waals surface area contributed by atoms with Gasteiger partial charge >= 0.3 is 0 Å². The van der Waals surface area contributed by atoms with Crippen LogP contribution in [0.25, 0.3) is 11.1 Å². The molecule has 0 saturated heterocycles. The lowest BCUT2D eigenvalue weighted by atomic mass is 10.2. The number of carbonyl (C=O) groups is 1. The zero-order valence-corrected chi connectivity index (χ0v) is 15.5. The van der Waals surface area contributed by atoms with Gasteiger partial charge in [0, 0.05) is 42.6 Å². The molecule has 1 aromatic carbocycles. The molecule has 3 aromatic heterocycles. The van der Waals surface area contributed by atoms with E-state index in [2.05, 4.69) is 10.3 Å². The number of hydrogen-bond donors (Lipinski definition) is 1. The van der Waals surface area contributed by atoms with E-state index in [9.17, 15) is 4.79 Å². The van der Waals surface area contributed by atoms with E-state index < -0.39 is 0 Å². The Balaban J connectivity index is 1.65. The number of pyridine rings is 1. The van der Waals surface area contributed by atoms with Gasteiger partial charge in [-0.15, -0.1) is 0 Å². The second-order valence-corrected chi connectivity index (χ2v) is 6.83. The summed E-state index contributed by atoms with van der Waals surface area (Å²) in [4.78, 5) is 16.9. The molecule has 1 amide bonds. The molecular weight excluding hydrogens is 362 g/mol. The summed E-state index contributed by atoms with van der Waals surface area (Å²) in [6, 6.07) is 15.1. The maximum Gasteiger partial charge on any atom is 0.268 e. The molecule has 0 saturated carbocycles. The number of furan rings is 1. The number of halogens is 1. The average molecular weight is 380 g/mol. The molecule has 1 N–H and O–H groups in total. The molecule has 136 valence electrons. The molecular formula is C21H18ClN3O2. The minimum absolute atomic E-state index is 0.162. The van der Waals surface area contributed by atoms with Crippen LogP contribution >= 0.6 is 11.6 Å². The molecule has 0 atom stereocenters. The van der Waals surface area contributed by atoms with Gasteiger partial charge in [-0.1, -0.05) is 29.8 Å².